The van der Waals surface area contributed by atoms with Crippen LogP contribution in [0.5, 0.6) is 0 Å². The lowest BCUT2D eigenvalue weighted by Gasteiger charge is -2.08. The van der Waals surface area contributed by atoms with Gasteiger partial charge >= 0.3 is 0 Å². The molecule has 0 radical (unpaired) electrons. The van der Waals surface area contributed by atoms with Crippen LogP contribution in [-0.2, 0) is 22.6 Å². The van der Waals surface area contributed by atoms with Crippen LogP contribution in [0.2, 0.25) is 5.02 Å². The molecule has 98 valence electrons. The minimum atomic E-state index is -3.09. The van der Waals surface area contributed by atoms with Gasteiger partial charge in [-0.05, 0) is 37.4 Å². The Labute approximate surface area is 112 Å². The van der Waals surface area contributed by atoms with E-state index in [1.54, 1.807) is 13.8 Å². The van der Waals surface area contributed by atoms with Crippen molar-refractivity contribution in [3.05, 3.63) is 35.0 Å². The molecule has 1 heterocycles. The van der Waals surface area contributed by atoms with Crippen LogP contribution in [0.3, 0.4) is 0 Å². The van der Waals surface area contributed by atoms with Gasteiger partial charge in [0.05, 0.1) is 11.0 Å². The van der Waals surface area contributed by atoms with E-state index in [-0.39, 0.29) is 11.0 Å². The van der Waals surface area contributed by atoms with Crippen molar-refractivity contribution in [1.82, 2.24) is 4.57 Å². The molecule has 0 spiro atoms. The highest BCUT2D eigenvalue weighted by molar-refractivity contribution is 7.91. The van der Waals surface area contributed by atoms with Crippen molar-refractivity contribution in [3.8, 4) is 0 Å². The molecule has 0 fully saturated rings. The van der Waals surface area contributed by atoms with E-state index < -0.39 is 9.84 Å². The first-order chi connectivity index (χ1) is 8.31. The molecule has 2 aromatic rings. The Kier molecular flexibility index (Phi) is 3.43. The maximum Gasteiger partial charge on any atom is 0.158 e. The molecule has 5 heteroatoms. The van der Waals surface area contributed by atoms with Crippen LogP contribution in [0.1, 0.15) is 19.5 Å². The SMILES string of the molecule is CC(C)S(=O)(=O)Cc1cc2ccc(Cl)cc2n1C. The Morgan fingerprint density at radius 1 is 1.28 bits per heavy atom. The molecule has 0 N–H and O–H groups in total. The lowest BCUT2D eigenvalue weighted by molar-refractivity contribution is 0.585. The summed E-state index contributed by atoms with van der Waals surface area (Å²) in [5.41, 5.74) is 1.75. The lowest BCUT2D eigenvalue weighted by Crippen LogP contribution is -2.17. The molecule has 0 aliphatic heterocycles. The predicted molar refractivity (Wildman–Crippen MR) is 75.7 cm³/mol. The summed E-state index contributed by atoms with van der Waals surface area (Å²) < 4.78 is 25.8. The van der Waals surface area contributed by atoms with Gasteiger partial charge in [0.25, 0.3) is 0 Å². The van der Waals surface area contributed by atoms with Crippen molar-refractivity contribution in [2.45, 2.75) is 24.9 Å². The predicted octanol–water partition coefficient (Wildman–Crippen LogP) is 3.15. The number of halogens is 1. The number of nitrogens with zero attached hydrogens (tertiary/aromatic N) is 1. The van der Waals surface area contributed by atoms with Crippen LogP contribution in [0, 0.1) is 0 Å². The van der Waals surface area contributed by atoms with Crippen LogP contribution >= 0.6 is 11.6 Å². The molecule has 0 saturated heterocycles. The van der Waals surface area contributed by atoms with Gasteiger partial charge in [0.1, 0.15) is 0 Å². The molecule has 0 bridgehead atoms. The summed E-state index contributed by atoms with van der Waals surface area (Å²) in [5.74, 6) is 0.0630. The zero-order valence-corrected chi connectivity index (χ0v) is 12.2. The van der Waals surface area contributed by atoms with Gasteiger partial charge < -0.3 is 4.57 Å². The minimum Gasteiger partial charge on any atom is -0.347 e. The molecule has 0 saturated carbocycles. The van der Waals surface area contributed by atoms with Gasteiger partial charge in [0.2, 0.25) is 0 Å². The molecule has 1 aromatic carbocycles. The van der Waals surface area contributed by atoms with E-state index in [1.165, 1.54) is 0 Å². The molecule has 2 rings (SSSR count). The number of hydrogen-bond acceptors (Lipinski definition) is 2. The average Bonchev–Trinajstić information content (AvgIpc) is 2.56. The van der Waals surface area contributed by atoms with Gasteiger partial charge in [-0.15, -0.1) is 0 Å². The highest BCUT2D eigenvalue weighted by Crippen LogP contribution is 2.24. The maximum absolute atomic E-state index is 12.0. The third-order valence-corrected chi connectivity index (χ3v) is 5.54. The Hall–Kier alpha value is -1.00. The molecule has 0 unspecified atom stereocenters. The van der Waals surface area contributed by atoms with Crippen molar-refractivity contribution in [2.75, 3.05) is 0 Å². The molecular formula is C13H16ClNO2S. The number of benzene rings is 1. The van der Waals surface area contributed by atoms with Gasteiger partial charge in [0.15, 0.2) is 9.84 Å². The summed E-state index contributed by atoms with van der Waals surface area (Å²) in [6.07, 6.45) is 0. The normalized spacial score (nSPS) is 12.5. The van der Waals surface area contributed by atoms with Gasteiger partial charge in [-0.3, -0.25) is 0 Å². The molecule has 18 heavy (non-hydrogen) atoms. The summed E-state index contributed by atoms with van der Waals surface area (Å²) in [4.78, 5) is 0. The third kappa shape index (κ3) is 2.40. The molecule has 3 nitrogen and oxygen atoms in total. The van der Waals surface area contributed by atoms with Crippen molar-refractivity contribution >= 4 is 32.3 Å². The monoisotopic (exact) mass is 285 g/mol. The highest BCUT2D eigenvalue weighted by Gasteiger charge is 2.19. The molecule has 0 amide bonds. The van der Waals surface area contributed by atoms with Crippen LogP contribution in [-0.4, -0.2) is 18.2 Å². The fraction of sp³-hybridized carbons (Fsp3) is 0.385. The lowest BCUT2D eigenvalue weighted by atomic mass is 10.2. The number of sulfone groups is 1. The van der Waals surface area contributed by atoms with Crippen LogP contribution in [0.15, 0.2) is 24.3 Å². The topological polar surface area (TPSA) is 39.1 Å². The maximum atomic E-state index is 12.0. The fourth-order valence-electron chi connectivity index (χ4n) is 1.87. The average molecular weight is 286 g/mol. The third-order valence-electron chi connectivity index (χ3n) is 3.17. The number of aryl methyl sites for hydroxylation is 1. The van der Waals surface area contributed by atoms with E-state index in [9.17, 15) is 8.42 Å². The van der Waals surface area contributed by atoms with E-state index in [0.717, 1.165) is 16.6 Å². The Morgan fingerprint density at radius 3 is 2.56 bits per heavy atom. The molecule has 0 aliphatic rings. The summed E-state index contributed by atoms with van der Waals surface area (Å²) in [6.45, 7) is 3.41. The van der Waals surface area contributed by atoms with Crippen LogP contribution in [0.25, 0.3) is 10.9 Å². The molecule has 0 aliphatic carbocycles. The number of rotatable bonds is 3. The first-order valence-electron chi connectivity index (χ1n) is 5.76. The zero-order valence-electron chi connectivity index (χ0n) is 10.6. The summed E-state index contributed by atoms with van der Waals surface area (Å²) >= 11 is 5.95. The highest BCUT2D eigenvalue weighted by atomic mass is 35.5. The Bertz CT molecular complexity index is 686. The Balaban J connectivity index is 2.50. The van der Waals surface area contributed by atoms with Crippen molar-refractivity contribution in [1.29, 1.82) is 0 Å². The molecule has 1 aromatic heterocycles. The molecule has 0 atom stereocenters. The van der Waals surface area contributed by atoms with Crippen LogP contribution < -0.4 is 0 Å². The minimum absolute atomic E-state index is 0.0630. The second-order valence-electron chi connectivity index (χ2n) is 4.75. The second-order valence-corrected chi connectivity index (χ2v) is 7.75. The zero-order chi connectivity index (χ0) is 13.5. The summed E-state index contributed by atoms with van der Waals surface area (Å²) in [7, 11) is -1.22. The van der Waals surface area contributed by atoms with E-state index in [0.29, 0.717) is 5.02 Å². The molecular weight excluding hydrogens is 270 g/mol. The van der Waals surface area contributed by atoms with Crippen molar-refractivity contribution in [2.24, 2.45) is 7.05 Å². The fourth-order valence-corrected chi connectivity index (χ4v) is 3.06. The van der Waals surface area contributed by atoms with E-state index in [1.807, 2.05) is 35.9 Å². The van der Waals surface area contributed by atoms with Gasteiger partial charge in [-0.2, -0.15) is 0 Å². The van der Waals surface area contributed by atoms with E-state index in [4.69, 9.17) is 11.6 Å². The standard InChI is InChI=1S/C13H16ClNO2S/c1-9(2)18(16,17)8-12-6-10-4-5-11(14)7-13(10)15(12)3/h4-7,9H,8H2,1-3H3. The Morgan fingerprint density at radius 2 is 1.94 bits per heavy atom. The number of hydrogen-bond donors (Lipinski definition) is 0. The first-order valence-corrected chi connectivity index (χ1v) is 7.86. The quantitative estimate of drug-likeness (QED) is 0.869. The van der Waals surface area contributed by atoms with Crippen molar-refractivity contribution in [3.63, 3.8) is 0 Å². The van der Waals surface area contributed by atoms with Gasteiger partial charge in [-0.1, -0.05) is 17.7 Å². The largest absolute Gasteiger partial charge is 0.347 e. The van der Waals surface area contributed by atoms with E-state index in [2.05, 4.69) is 0 Å². The second kappa shape index (κ2) is 4.59. The summed E-state index contributed by atoms with van der Waals surface area (Å²) in [6, 6.07) is 7.47. The number of aromatic nitrogens is 1. The van der Waals surface area contributed by atoms with Crippen LogP contribution in [0.4, 0.5) is 0 Å². The van der Waals surface area contributed by atoms with Gasteiger partial charge in [-0.25, -0.2) is 8.42 Å². The number of fused-ring (bicyclic) bond motifs is 1. The summed E-state index contributed by atoms with van der Waals surface area (Å²) in [5, 5.41) is 1.30. The van der Waals surface area contributed by atoms with E-state index >= 15 is 0 Å². The first kappa shape index (κ1) is 13.4. The van der Waals surface area contributed by atoms with Crippen molar-refractivity contribution < 1.29 is 8.42 Å². The van der Waals surface area contributed by atoms with Gasteiger partial charge in [0, 0.05) is 23.3 Å². The smallest absolute Gasteiger partial charge is 0.158 e.